The molecule has 0 saturated heterocycles. The summed E-state index contributed by atoms with van der Waals surface area (Å²) in [6.45, 7) is 3.43. The topological polar surface area (TPSA) is 64.2 Å². The van der Waals surface area contributed by atoms with Crippen LogP contribution in [-0.4, -0.2) is 39.0 Å². The summed E-state index contributed by atoms with van der Waals surface area (Å²) in [6, 6.07) is 12.0. The zero-order valence-corrected chi connectivity index (χ0v) is 20.9. The van der Waals surface area contributed by atoms with Gasteiger partial charge in [0, 0.05) is 23.1 Å². The molecule has 5 nitrogen and oxygen atoms in total. The van der Waals surface area contributed by atoms with Crippen molar-refractivity contribution in [2.24, 2.45) is 5.73 Å². The summed E-state index contributed by atoms with van der Waals surface area (Å²) in [6.07, 6.45) is 9.73. The molecule has 0 bridgehead atoms. The molecule has 1 saturated carbocycles. The van der Waals surface area contributed by atoms with E-state index in [0.717, 1.165) is 54.3 Å². The standard InChI is InChI=1S/C27H30Cl2N4O/c1-18(22-7-6-21(28)16-23(22)29)33-17-31-24-8-5-20(15-25(24)33)19-9-13-32(14-10-19)26(34)27(30)11-3-2-4-12-27/h5-9,15-18H,2-4,10-14,30H2,1H3/t18-/m1/s1. The third-order valence-electron chi connectivity index (χ3n) is 7.44. The van der Waals surface area contributed by atoms with Gasteiger partial charge in [-0.1, -0.05) is 60.7 Å². The van der Waals surface area contributed by atoms with E-state index in [4.69, 9.17) is 28.9 Å². The number of aromatic nitrogens is 2. The van der Waals surface area contributed by atoms with Crippen molar-refractivity contribution in [3.05, 3.63) is 70.0 Å². The van der Waals surface area contributed by atoms with Crippen LogP contribution in [-0.2, 0) is 4.79 Å². The monoisotopic (exact) mass is 496 g/mol. The van der Waals surface area contributed by atoms with E-state index in [1.807, 2.05) is 23.4 Å². The smallest absolute Gasteiger partial charge is 0.242 e. The molecule has 1 aliphatic heterocycles. The first-order valence-electron chi connectivity index (χ1n) is 12.0. The van der Waals surface area contributed by atoms with Gasteiger partial charge in [0.2, 0.25) is 5.91 Å². The molecule has 34 heavy (non-hydrogen) atoms. The average Bonchev–Trinajstić information content (AvgIpc) is 3.27. The van der Waals surface area contributed by atoms with E-state index in [1.165, 1.54) is 12.0 Å². The van der Waals surface area contributed by atoms with E-state index in [-0.39, 0.29) is 11.9 Å². The lowest BCUT2D eigenvalue weighted by Gasteiger charge is -2.38. The molecule has 1 fully saturated rings. The van der Waals surface area contributed by atoms with Gasteiger partial charge >= 0.3 is 0 Å². The predicted octanol–water partition coefficient (Wildman–Crippen LogP) is 6.23. The third kappa shape index (κ3) is 4.37. The van der Waals surface area contributed by atoms with Crippen LogP contribution < -0.4 is 5.73 Å². The van der Waals surface area contributed by atoms with Crippen LogP contribution in [0.25, 0.3) is 16.6 Å². The predicted molar refractivity (Wildman–Crippen MR) is 139 cm³/mol. The Balaban J connectivity index is 1.38. The van der Waals surface area contributed by atoms with Crippen LogP contribution in [0.2, 0.25) is 10.0 Å². The van der Waals surface area contributed by atoms with Crippen molar-refractivity contribution in [1.82, 2.24) is 14.5 Å². The van der Waals surface area contributed by atoms with Crippen LogP contribution >= 0.6 is 23.2 Å². The average molecular weight is 497 g/mol. The Hall–Kier alpha value is -2.34. The molecule has 2 N–H and O–H groups in total. The van der Waals surface area contributed by atoms with Gasteiger partial charge in [-0.15, -0.1) is 0 Å². The number of amides is 1. The molecule has 1 atom stereocenters. The van der Waals surface area contributed by atoms with Gasteiger partial charge in [0.1, 0.15) is 0 Å². The van der Waals surface area contributed by atoms with Crippen molar-refractivity contribution in [3.63, 3.8) is 0 Å². The SMILES string of the molecule is C[C@H](c1ccc(Cl)cc1Cl)n1cnc2ccc(C3=CCN(C(=O)C4(N)CCCCC4)CC3)cc21. The summed E-state index contributed by atoms with van der Waals surface area (Å²) in [7, 11) is 0. The molecule has 178 valence electrons. The minimum atomic E-state index is -0.673. The molecule has 0 radical (unpaired) electrons. The number of benzene rings is 2. The number of carbonyl (C=O) groups is 1. The number of imidazole rings is 1. The van der Waals surface area contributed by atoms with Crippen molar-refractivity contribution >= 4 is 45.7 Å². The molecule has 1 aromatic heterocycles. The summed E-state index contributed by atoms with van der Waals surface area (Å²) < 4.78 is 2.15. The van der Waals surface area contributed by atoms with Crippen molar-refractivity contribution in [1.29, 1.82) is 0 Å². The lowest BCUT2D eigenvalue weighted by atomic mass is 9.81. The van der Waals surface area contributed by atoms with Gasteiger partial charge < -0.3 is 15.2 Å². The summed E-state index contributed by atoms with van der Waals surface area (Å²) >= 11 is 12.6. The van der Waals surface area contributed by atoms with Crippen LogP contribution in [0.5, 0.6) is 0 Å². The lowest BCUT2D eigenvalue weighted by Crippen LogP contribution is -2.56. The van der Waals surface area contributed by atoms with Crippen molar-refractivity contribution in [2.45, 2.75) is 57.0 Å². The normalized spacial score (nSPS) is 19.2. The van der Waals surface area contributed by atoms with Crippen molar-refractivity contribution in [2.75, 3.05) is 13.1 Å². The molecule has 2 aliphatic rings. The third-order valence-corrected chi connectivity index (χ3v) is 8.01. The Morgan fingerprint density at radius 2 is 1.91 bits per heavy atom. The minimum Gasteiger partial charge on any atom is -0.337 e. The molecule has 2 heterocycles. The molecule has 5 rings (SSSR count). The second-order valence-electron chi connectivity index (χ2n) is 9.64. The van der Waals surface area contributed by atoms with Gasteiger partial charge in [-0.3, -0.25) is 4.79 Å². The second-order valence-corrected chi connectivity index (χ2v) is 10.5. The first-order valence-corrected chi connectivity index (χ1v) is 12.8. The number of nitrogens with two attached hydrogens (primary N) is 1. The Labute approximate surface area is 210 Å². The molecule has 2 aromatic carbocycles. The van der Waals surface area contributed by atoms with Gasteiger partial charge in [0.15, 0.2) is 0 Å². The molecule has 7 heteroatoms. The van der Waals surface area contributed by atoms with Crippen LogP contribution in [0, 0.1) is 0 Å². The van der Waals surface area contributed by atoms with Crippen LogP contribution in [0.4, 0.5) is 0 Å². The van der Waals surface area contributed by atoms with Gasteiger partial charge in [0.25, 0.3) is 0 Å². The summed E-state index contributed by atoms with van der Waals surface area (Å²) in [5.74, 6) is 0.115. The Morgan fingerprint density at radius 1 is 1.12 bits per heavy atom. The fourth-order valence-corrected chi connectivity index (χ4v) is 5.92. The summed E-state index contributed by atoms with van der Waals surface area (Å²) in [5, 5.41) is 1.27. The van der Waals surface area contributed by atoms with Gasteiger partial charge in [-0.05, 0) is 67.2 Å². The largest absolute Gasteiger partial charge is 0.337 e. The molecule has 1 aliphatic carbocycles. The number of hydrogen-bond acceptors (Lipinski definition) is 3. The Kier molecular flexibility index (Phi) is 6.45. The molecule has 1 amide bonds. The van der Waals surface area contributed by atoms with Gasteiger partial charge in [-0.25, -0.2) is 4.98 Å². The molecular formula is C27H30Cl2N4O. The Morgan fingerprint density at radius 3 is 2.62 bits per heavy atom. The fraction of sp³-hybridized carbons (Fsp3) is 0.407. The first-order chi connectivity index (χ1) is 16.4. The maximum atomic E-state index is 13.1. The second kappa shape index (κ2) is 9.37. The van der Waals surface area contributed by atoms with Gasteiger partial charge in [0.05, 0.1) is 28.9 Å². The van der Waals surface area contributed by atoms with Crippen molar-refractivity contribution < 1.29 is 4.79 Å². The lowest BCUT2D eigenvalue weighted by molar-refractivity contribution is -0.137. The number of halogens is 2. The highest BCUT2D eigenvalue weighted by atomic mass is 35.5. The molecular weight excluding hydrogens is 467 g/mol. The van der Waals surface area contributed by atoms with Crippen LogP contribution in [0.3, 0.4) is 0 Å². The highest BCUT2D eigenvalue weighted by Crippen LogP contribution is 2.33. The van der Waals surface area contributed by atoms with E-state index >= 15 is 0 Å². The number of rotatable bonds is 4. The number of carbonyl (C=O) groups excluding carboxylic acids is 1. The first kappa shape index (κ1) is 23.4. The highest BCUT2D eigenvalue weighted by Gasteiger charge is 2.38. The number of nitrogens with zero attached hydrogens (tertiary/aromatic N) is 3. The van der Waals surface area contributed by atoms with E-state index in [0.29, 0.717) is 23.1 Å². The summed E-state index contributed by atoms with van der Waals surface area (Å²) in [4.78, 5) is 19.6. The summed E-state index contributed by atoms with van der Waals surface area (Å²) in [5.41, 5.74) is 11.2. The van der Waals surface area contributed by atoms with Crippen LogP contribution in [0.15, 0.2) is 48.8 Å². The van der Waals surface area contributed by atoms with Gasteiger partial charge in [-0.2, -0.15) is 0 Å². The maximum absolute atomic E-state index is 13.1. The highest BCUT2D eigenvalue weighted by molar-refractivity contribution is 6.35. The number of fused-ring (bicyclic) bond motifs is 1. The Bertz CT molecular complexity index is 1260. The van der Waals surface area contributed by atoms with E-state index in [1.54, 1.807) is 6.07 Å². The van der Waals surface area contributed by atoms with Crippen LogP contribution in [0.1, 0.15) is 62.6 Å². The minimum absolute atomic E-state index is 0.00898. The number of hydrogen-bond donors (Lipinski definition) is 1. The van der Waals surface area contributed by atoms with E-state index < -0.39 is 5.54 Å². The maximum Gasteiger partial charge on any atom is 0.242 e. The quantitative estimate of drug-likeness (QED) is 0.465. The molecule has 0 unspecified atom stereocenters. The zero-order chi connectivity index (χ0) is 23.9. The molecule has 0 spiro atoms. The van der Waals surface area contributed by atoms with E-state index in [9.17, 15) is 4.79 Å². The fourth-order valence-electron chi connectivity index (χ4n) is 5.35. The zero-order valence-electron chi connectivity index (χ0n) is 19.4. The molecule has 3 aromatic rings. The van der Waals surface area contributed by atoms with Crippen molar-refractivity contribution in [3.8, 4) is 0 Å². The van der Waals surface area contributed by atoms with E-state index in [2.05, 4.69) is 40.7 Å².